The molecular weight excluding hydrogens is 500 g/mol. The molecule has 0 saturated carbocycles. The predicted molar refractivity (Wildman–Crippen MR) is 134 cm³/mol. The fourth-order valence-electron chi connectivity index (χ4n) is 3.70. The number of nitrogens with zero attached hydrogens (tertiary/aromatic N) is 1. The highest BCUT2D eigenvalue weighted by Gasteiger charge is 2.36. The highest BCUT2D eigenvalue weighted by atomic mass is 32.2. The molecule has 0 bridgehead atoms. The number of anilines is 1. The van der Waals surface area contributed by atoms with Crippen molar-refractivity contribution in [2.24, 2.45) is 0 Å². The van der Waals surface area contributed by atoms with E-state index >= 15 is 0 Å². The second-order valence-corrected chi connectivity index (χ2v) is 8.94. The number of hydrogen-bond acceptors (Lipinski definition) is 9. The Labute approximate surface area is 215 Å². The fraction of sp³-hybridized carbons (Fsp3) is 0.154. The van der Waals surface area contributed by atoms with Gasteiger partial charge in [-0.3, -0.25) is 19.3 Å². The van der Waals surface area contributed by atoms with E-state index in [0.29, 0.717) is 47.5 Å². The number of esters is 1. The normalized spacial score (nSPS) is 15.7. The monoisotopic (exact) mass is 520 g/mol. The van der Waals surface area contributed by atoms with Crippen molar-refractivity contribution < 1.29 is 37.8 Å². The Bertz CT molecular complexity index is 1430. The minimum atomic E-state index is -0.590. The first-order valence-corrected chi connectivity index (χ1v) is 12.0. The SMILES string of the molecule is COC(=O)c1ccc(-c2ccc(/C=C3/SC(=O)N(CC(=O)Nc4ccc5c(c4)OCCO5)C3=O)o2)cc1. The van der Waals surface area contributed by atoms with E-state index in [1.165, 1.54) is 13.2 Å². The van der Waals surface area contributed by atoms with E-state index in [9.17, 15) is 19.2 Å². The van der Waals surface area contributed by atoms with Crippen molar-refractivity contribution in [3.05, 3.63) is 70.8 Å². The second kappa shape index (κ2) is 10.2. The van der Waals surface area contributed by atoms with Crippen LogP contribution >= 0.6 is 11.8 Å². The van der Waals surface area contributed by atoms with Crippen molar-refractivity contribution >= 4 is 46.5 Å². The smallest absolute Gasteiger partial charge is 0.337 e. The number of furan rings is 1. The highest BCUT2D eigenvalue weighted by Crippen LogP contribution is 2.34. The summed E-state index contributed by atoms with van der Waals surface area (Å²) in [5.74, 6) is 0.403. The van der Waals surface area contributed by atoms with Gasteiger partial charge in [-0.05, 0) is 48.2 Å². The lowest BCUT2D eigenvalue weighted by Gasteiger charge is -2.19. The molecule has 1 saturated heterocycles. The first-order chi connectivity index (χ1) is 17.9. The van der Waals surface area contributed by atoms with Crippen LogP contribution in [0, 0.1) is 0 Å². The van der Waals surface area contributed by atoms with Crippen LogP contribution in [0.2, 0.25) is 0 Å². The molecule has 1 N–H and O–H groups in total. The van der Waals surface area contributed by atoms with Gasteiger partial charge in [0.25, 0.3) is 11.1 Å². The van der Waals surface area contributed by atoms with Gasteiger partial charge in [-0.15, -0.1) is 0 Å². The van der Waals surface area contributed by atoms with Crippen LogP contribution in [-0.2, 0) is 14.3 Å². The van der Waals surface area contributed by atoms with Gasteiger partial charge >= 0.3 is 5.97 Å². The van der Waals surface area contributed by atoms with Gasteiger partial charge in [-0.1, -0.05) is 12.1 Å². The maximum absolute atomic E-state index is 12.8. The Kier molecular flexibility index (Phi) is 6.69. The van der Waals surface area contributed by atoms with Gasteiger partial charge in [0.2, 0.25) is 5.91 Å². The van der Waals surface area contributed by atoms with Crippen molar-refractivity contribution in [1.82, 2.24) is 4.90 Å². The Balaban J connectivity index is 1.23. The number of carbonyl (C=O) groups excluding carboxylic acids is 4. The summed E-state index contributed by atoms with van der Waals surface area (Å²) < 4.78 is 21.4. The average molecular weight is 521 g/mol. The molecule has 0 unspecified atom stereocenters. The van der Waals surface area contributed by atoms with Crippen molar-refractivity contribution in [2.75, 3.05) is 32.2 Å². The van der Waals surface area contributed by atoms with Crippen LogP contribution in [0.25, 0.3) is 17.4 Å². The van der Waals surface area contributed by atoms with Gasteiger partial charge in [0.1, 0.15) is 31.3 Å². The summed E-state index contributed by atoms with van der Waals surface area (Å²) in [6, 6.07) is 15.0. The summed E-state index contributed by atoms with van der Waals surface area (Å²) in [6.07, 6.45) is 1.45. The number of methoxy groups -OCH3 is 1. The van der Waals surface area contributed by atoms with E-state index < -0.39 is 29.6 Å². The maximum atomic E-state index is 12.8. The lowest BCUT2D eigenvalue weighted by Crippen LogP contribution is -2.36. The molecule has 2 aliphatic rings. The lowest BCUT2D eigenvalue weighted by atomic mass is 10.1. The largest absolute Gasteiger partial charge is 0.486 e. The van der Waals surface area contributed by atoms with Gasteiger partial charge in [0, 0.05) is 23.4 Å². The third-order valence-corrected chi connectivity index (χ3v) is 6.40. The van der Waals surface area contributed by atoms with Crippen LogP contribution in [0.3, 0.4) is 0 Å². The van der Waals surface area contributed by atoms with Crippen LogP contribution in [0.1, 0.15) is 16.1 Å². The molecule has 10 nitrogen and oxygen atoms in total. The number of thioether (sulfide) groups is 1. The van der Waals surface area contributed by atoms with Crippen LogP contribution in [0.4, 0.5) is 10.5 Å². The van der Waals surface area contributed by atoms with E-state index in [1.54, 1.807) is 54.6 Å². The molecule has 37 heavy (non-hydrogen) atoms. The summed E-state index contributed by atoms with van der Waals surface area (Å²) >= 11 is 0.727. The van der Waals surface area contributed by atoms with Gasteiger partial charge in [0.05, 0.1) is 17.6 Å². The molecule has 3 amide bonds. The van der Waals surface area contributed by atoms with E-state index in [2.05, 4.69) is 5.32 Å². The highest BCUT2D eigenvalue weighted by molar-refractivity contribution is 8.18. The number of fused-ring (bicyclic) bond motifs is 1. The number of hydrogen-bond donors (Lipinski definition) is 1. The number of nitrogens with one attached hydrogen (secondary N) is 1. The zero-order chi connectivity index (χ0) is 25.9. The van der Waals surface area contributed by atoms with E-state index in [-0.39, 0.29) is 4.91 Å². The maximum Gasteiger partial charge on any atom is 0.337 e. The Hall–Kier alpha value is -4.51. The van der Waals surface area contributed by atoms with Crippen molar-refractivity contribution in [3.63, 3.8) is 0 Å². The van der Waals surface area contributed by atoms with Crippen molar-refractivity contribution in [3.8, 4) is 22.8 Å². The Morgan fingerprint density at radius 1 is 1.03 bits per heavy atom. The molecule has 5 rings (SSSR count). The topological polar surface area (TPSA) is 124 Å². The molecule has 2 aliphatic heterocycles. The molecule has 0 aliphatic carbocycles. The second-order valence-electron chi connectivity index (χ2n) is 7.95. The first kappa shape index (κ1) is 24.2. The van der Waals surface area contributed by atoms with E-state index in [0.717, 1.165) is 22.2 Å². The van der Waals surface area contributed by atoms with Gasteiger partial charge in [0.15, 0.2) is 11.5 Å². The number of rotatable bonds is 6. The molecule has 0 spiro atoms. The fourth-order valence-corrected chi connectivity index (χ4v) is 4.52. The number of imide groups is 1. The molecule has 188 valence electrons. The molecule has 2 aromatic carbocycles. The van der Waals surface area contributed by atoms with Crippen LogP contribution in [0.5, 0.6) is 11.5 Å². The summed E-state index contributed by atoms with van der Waals surface area (Å²) in [4.78, 5) is 50.4. The predicted octanol–water partition coefficient (Wildman–Crippen LogP) is 4.18. The molecule has 3 heterocycles. The van der Waals surface area contributed by atoms with Crippen molar-refractivity contribution in [2.45, 2.75) is 0 Å². The molecule has 0 atom stereocenters. The van der Waals surface area contributed by atoms with Gasteiger partial charge in [-0.25, -0.2) is 4.79 Å². The molecule has 3 aromatic rings. The van der Waals surface area contributed by atoms with Crippen molar-refractivity contribution in [1.29, 1.82) is 0 Å². The molecule has 0 radical (unpaired) electrons. The average Bonchev–Trinajstić information content (AvgIpc) is 3.48. The summed E-state index contributed by atoms with van der Waals surface area (Å²) in [7, 11) is 1.31. The van der Waals surface area contributed by atoms with E-state index in [4.69, 9.17) is 18.6 Å². The zero-order valence-electron chi connectivity index (χ0n) is 19.5. The third kappa shape index (κ3) is 5.21. The van der Waals surface area contributed by atoms with E-state index in [1.807, 2.05) is 0 Å². The van der Waals surface area contributed by atoms with Crippen LogP contribution < -0.4 is 14.8 Å². The summed E-state index contributed by atoms with van der Waals surface area (Å²) in [5.41, 5.74) is 1.58. The minimum absolute atomic E-state index is 0.138. The Morgan fingerprint density at radius 3 is 2.54 bits per heavy atom. The standard InChI is InChI=1S/C26H20N2O8S/c1-33-25(31)16-4-2-15(3-5-16)19-9-7-18(36-19)13-22-24(30)28(26(32)37-22)14-23(29)27-17-6-8-20-21(12-17)35-11-10-34-20/h2-9,12-13H,10-11,14H2,1H3,(H,27,29)/b22-13+. The quantitative estimate of drug-likeness (QED) is 0.376. The van der Waals surface area contributed by atoms with Crippen LogP contribution in [0.15, 0.2) is 63.9 Å². The first-order valence-electron chi connectivity index (χ1n) is 11.1. The van der Waals surface area contributed by atoms with Gasteiger partial charge < -0.3 is 23.9 Å². The number of carbonyl (C=O) groups is 4. The molecule has 1 fully saturated rings. The van der Waals surface area contributed by atoms with Crippen LogP contribution in [-0.4, -0.2) is 54.8 Å². The lowest BCUT2D eigenvalue weighted by molar-refractivity contribution is -0.127. The minimum Gasteiger partial charge on any atom is -0.486 e. The molecule has 1 aromatic heterocycles. The molecular formula is C26H20N2O8S. The third-order valence-electron chi connectivity index (χ3n) is 5.49. The van der Waals surface area contributed by atoms with Gasteiger partial charge in [-0.2, -0.15) is 0 Å². The summed E-state index contributed by atoms with van der Waals surface area (Å²) in [5, 5.41) is 2.11. The number of amides is 3. The number of benzene rings is 2. The molecule has 11 heteroatoms. The number of ether oxygens (including phenoxy) is 3. The zero-order valence-corrected chi connectivity index (χ0v) is 20.3. The Morgan fingerprint density at radius 2 is 1.78 bits per heavy atom. The summed E-state index contributed by atoms with van der Waals surface area (Å²) in [6.45, 7) is 0.424.